The van der Waals surface area contributed by atoms with Crippen molar-refractivity contribution >= 4 is 65.4 Å². The first-order valence-electron chi connectivity index (χ1n) is 33.5. The van der Waals surface area contributed by atoms with Crippen LogP contribution in [0.1, 0.15) is 0 Å². The number of nitrogens with zero attached hydrogens (tertiary/aromatic N) is 6. The highest BCUT2D eigenvalue weighted by atomic mass is 16.3. The fourth-order valence-corrected chi connectivity index (χ4v) is 14.1. The minimum absolute atomic E-state index is 0.560. The molecule has 8 heteroatoms. The summed E-state index contributed by atoms with van der Waals surface area (Å²) in [6.45, 7) is 0. The van der Waals surface area contributed by atoms with Gasteiger partial charge in [-0.2, -0.15) is 0 Å². The summed E-state index contributed by atoms with van der Waals surface area (Å²) in [5, 5.41) is 8.51. The maximum atomic E-state index is 6.70. The van der Waals surface area contributed by atoms with E-state index in [9.17, 15) is 0 Å². The number of hydrogen-bond acceptors (Lipinski definition) is 8. The second kappa shape index (κ2) is 24.3. The van der Waals surface area contributed by atoms with Gasteiger partial charge in [-0.05, 0) is 137 Å². The van der Waals surface area contributed by atoms with Gasteiger partial charge in [-0.1, -0.05) is 291 Å². The van der Waals surface area contributed by atoms with Crippen molar-refractivity contribution in [2.75, 3.05) is 0 Å². The van der Waals surface area contributed by atoms with E-state index in [4.69, 9.17) is 38.7 Å². The number of aromatic nitrogens is 6. The Morgan fingerprint density at radius 3 is 1.06 bits per heavy atom. The van der Waals surface area contributed by atoms with Crippen molar-refractivity contribution in [3.8, 4) is 135 Å². The van der Waals surface area contributed by atoms with Crippen LogP contribution in [0.4, 0.5) is 0 Å². The first-order valence-corrected chi connectivity index (χ1v) is 33.5. The first-order chi connectivity index (χ1) is 49.5. The van der Waals surface area contributed by atoms with Gasteiger partial charge < -0.3 is 8.83 Å². The van der Waals surface area contributed by atoms with E-state index in [1.165, 1.54) is 21.9 Å². The van der Waals surface area contributed by atoms with Crippen molar-refractivity contribution in [1.29, 1.82) is 0 Å². The summed E-state index contributed by atoms with van der Waals surface area (Å²) in [6, 6.07) is 119. The van der Waals surface area contributed by atoms with Gasteiger partial charge in [-0.25, -0.2) is 29.9 Å². The molecule has 8 nitrogen and oxygen atoms in total. The third kappa shape index (κ3) is 10.6. The zero-order valence-electron chi connectivity index (χ0n) is 53.8. The fourth-order valence-electron chi connectivity index (χ4n) is 14.1. The van der Waals surface area contributed by atoms with Crippen LogP contribution in [0.25, 0.3) is 201 Å². The molecule has 0 bridgehead atoms. The van der Waals surface area contributed by atoms with E-state index < -0.39 is 0 Å². The van der Waals surface area contributed by atoms with Gasteiger partial charge in [0, 0.05) is 54.9 Å². The molecule has 15 aromatic carbocycles. The van der Waals surface area contributed by atoms with Gasteiger partial charge in [-0.15, -0.1) is 0 Å². The van der Waals surface area contributed by atoms with Gasteiger partial charge in [0.2, 0.25) is 0 Å². The van der Waals surface area contributed by atoms with E-state index in [-0.39, 0.29) is 0 Å². The normalized spacial score (nSPS) is 11.6. The molecule has 0 aliphatic rings. The monoisotopic (exact) mass is 1280 g/mol. The number of fused-ring (bicyclic) bond motifs is 8. The lowest BCUT2D eigenvalue weighted by Crippen LogP contribution is -2.00. The third-order valence-corrected chi connectivity index (χ3v) is 19.2. The molecule has 466 valence electrons. The van der Waals surface area contributed by atoms with E-state index >= 15 is 0 Å². The Hall–Kier alpha value is -13.6. The molecule has 0 atom stereocenters. The zero-order valence-corrected chi connectivity index (χ0v) is 53.8. The van der Waals surface area contributed by atoms with Crippen LogP contribution >= 0.6 is 0 Å². The second-order valence-electron chi connectivity index (χ2n) is 25.3. The van der Waals surface area contributed by atoms with Gasteiger partial charge in [0.1, 0.15) is 22.3 Å². The van der Waals surface area contributed by atoms with E-state index in [0.717, 1.165) is 144 Å². The lowest BCUT2D eigenvalue weighted by molar-refractivity contribution is 0.668. The van der Waals surface area contributed by atoms with E-state index in [2.05, 4.69) is 255 Å². The molecule has 0 fully saturated rings. The molecule has 19 aromatic rings. The van der Waals surface area contributed by atoms with E-state index in [1.807, 2.05) is 84.9 Å². The van der Waals surface area contributed by atoms with Crippen molar-refractivity contribution in [1.82, 2.24) is 29.9 Å². The van der Waals surface area contributed by atoms with Gasteiger partial charge in [-0.3, -0.25) is 0 Å². The quantitative estimate of drug-likeness (QED) is 0.119. The van der Waals surface area contributed by atoms with Crippen LogP contribution < -0.4 is 0 Å². The fraction of sp³-hybridized carbons (Fsp3) is 0. The lowest BCUT2D eigenvalue weighted by atomic mass is 9.94. The highest BCUT2D eigenvalue weighted by Gasteiger charge is 2.23. The van der Waals surface area contributed by atoms with Gasteiger partial charge in [0.05, 0.1) is 0 Å². The molecule has 0 saturated carbocycles. The Morgan fingerprint density at radius 2 is 0.470 bits per heavy atom. The van der Waals surface area contributed by atoms with Gasteiger partial charge in [0.15, 0.2) is 34.9 Å². The van der Waals surface area contributed by atoms with Crippen LogP contribution in [-0.2, 0) is 0 Å². The number of hydrogen-bond donors (Lipinski definition) is 0. The zero-order chi connectivity index (χ0) is 66.0. The second-order valence-corrected chi connectivity index (χ2v) is 25.3. The van der Waals surface area contributed by atoms with Crippen LogP contribution in [0.3, 0.4) is 0 Å². The number of benzene rings is 15. The minimum atomic E-state index is 0.560. The molecule has 19 rings (SSSR count). The standard InChI is InChI=1S/C92H56N6O2/c1-3-15-57(16-4-1)59-31-33-60(34-32-59)61-37-46-67(47-38-61)88-93-87(66-18-5-2-6-19-66)95-92(97-88)79-26-14-30-83-86(79)85-76(24-12-29-82(85)100-83)65-44-35-62(36-45-65)70-21-11-22-71(53-70)73-51-42-64-43-52-74(56-75(64)55-73)90-94-89(68-48-39-63(40-49-68)72-50-41-58-17-7-8-20-69(58)54-72)96-91(98-90)78-25-13-28-81-84(78)77-23-9-10-27-80(77)99-81/h1-56H. The number of para-hydroxylation sites is 1. The Morgan fingerprint density at radius 1 is 0.160 bits per heavy atom. The molecule has 0 saturated heterocycles. The Bertz CT molecular complexity index is 6370. The maximum absolute atomic E-state index is 6.70. The van der Waals surface area contributed by atoms with Gasteiger partial charge >= 0.3 is 0 Å². The molecule has 4 aromatic heterocycles. The van der Waals surface area contributed by atoms with E-state index in [1.54, 1.807) is 0 Å². The van der Waals surface area contributed by atoms with Crippen molar-refractivity contribution in [2.24, 2.45) is 0 Å². The Balaban J connectivity index is 0.640. The number of rotatable bonds is 12. The molecular formula is C92H56N6O2. The molecule has 0 radical (unpaired) electrons. The van der Waals surface area contributed by atoms with Crippen molar-refractivity contribution in [2.45, 2.75) is 0 Å². The lowest BCUT2D eigenvalue weighted by Gasteiger charge is -2.12. The Kier molecular flexibility index (Phi) is 14.0. The average molecular weight is 1280 g/mol. The predicted molar refractivity (Wildman–Crippen MR) is 408 cm³/mol. The smallest absolute Gasteiger partial charge is 0.164 e. The summed E-state index contributed by atoms with van der Waals surface area (Å²) in [5.41, 5.74) is 21.8. The summed E-state index contributed by atoms with van der Waals surface area (Å²) in [5.74, 6) is 3.46. The summed E-state index contributed by atoms with van der Waals surface area (Å²) in [6.07, 6.45) is 0. The van der Waals surface area contributed by atoms with Crippen LogP contribution in [0, 0.1) is 0 Å². The summed E-state index contributed by atoms with van der Waals surface area (Å²) < 4.78 is 13.1. The molecule has 0 amide bonds. The summed E-state index contributed by atoms with van der Waals surface area (Å²) >= 11 is 0. The summed E-state index contributed by atoms with van der Waals surface area (Å²) in [7, 11) is 0. The molecule has 0 spiro atoms. The molecular weight excluding hydrogens is 1220 g/mol. The number of furan rings is 2. The highest BCUT2D eigenvalue weighted by molar-refractivity contribution is 6.18. The molecule has 100 heavy (non-hydrogen) atoms. The highest BCUT2D eigenvalue weighted by Crippen LogP contribution is 2.44. The van der Waals surface area contributed by atoms with Gasteiger partial charge in [0.25, 0.3) is 0 Å². The Labute approximate surface area is 575 Å². The minimum Gasteiger partial charge on any atom is -0.456 e. The van der Waals surface area contributed by atoms with Crippen molar-refractivity contribution in [3.63, 3.8) is 0 Å². The largest absolute Gasteiger partial charge is 0.456 e. The molecule has 0 N–H and O–H groups in total. The first kappa shape index (κ1) is 57.9. The van der Waals surface area contributed by atoms with Crippen LogP contribution in [0.2, 0.25) is 0 Å². The molecule has 0 aliphatic carbocycles. The SMILES string of the molecule is c1ccc(-c2ccc(-c3ccc(-c4nc(-c5ccccc5)nc(-c5cccc6oc7cccc(-c8ccc(-c9cccc(-c%10ccc%11ccc(-c%12nc(-c%13ccc(-c%14ccc%15ccccc%15c%14)cc%13)nc(-c%13cccc%14oc%15ccccc%15c%13%14)n%12)cc%11c%10)c9)cc8)c7c56)n4)cc3)cc2)cc1. The third-order valence-electron chi connectivity index (χ3n) is 19.2. The van der Waals surface area contributed by atoms with Crippen molar-refractivity contribution in [3.05, 3.63) is 340 Å². The molecule has 0 aliphatic heterocycles. The average Bonchev–Trinajstić information content (AvgIpc) is 1.56. The summed E-state index contributed by atoms with van der Waals surface area (Å²) in [4.78, 5) is 31.4. The molecule has 4 heterocycles. The molecule has 0 unspecified atom stereocenters. The van der Waals surface area contributed by atoms with E-state index in [0.29, 0.717) is 34.9 Å². The maximum Gasteiger partial charge on any atom is 0.164 e. The topological polar surface area (TPSA) is 104 Å². The van der Waals surface area contributed by atoms with Crippen LogP contribution in [0.15, 0.2) is 349 Å². The van der Waals surface area contributed by atoms with Crippen LogP contribution in [-0.4, -0.2) is 29.9 Å². The predicted octanol–water partition coefficient (Wildman–Crippen LogP) is 24.2. The van der Waals surface area contributed by atoms with Crippen LogP contribution in [0.5, 0.6) is 0 Å². The van der Waals surface area contributed by atoms with Crippen molar-refractivity contribution < 1.29 is 8.83 Å².